The molecular weight excluding hydrogens is 480 g/mol. The summed E-state index contributed by atoms with van der Waals surface area (Å²) in [6.45, 7) is 3.96. The van der Waals surface area contributed by atoms with Crippen molar-refractivity contribution in [2.45, 2.75) is 25.9 Å². The van der Waals surface area contributed by atoms with E-state index < -0.39 is 11.7 Å². The molecule has 3 rings (SSSR count). The number of aromatic nitrogens is 2. The van der Waals surface area contributed by atoms with Gasteiger partial charge in [0.15, 0.2) is 0 Å². The Bertz CT molecular complexity index is 956. The highest BCUT2D eigenvalue weighted by Crippen LogP contribution is 2.36. The molecule has 3 aromatic rings. The molecule has 0 fully saturated rings. The van der Waals surface area contributed by atoms with Gasteiger partial charge in [-0.1, -0.05) is 32.0 Å². The molecule has 0 unspecified atom stereocenters. The number of benzene rings is 2. The third-order valence-corrected chi connectivity index (χ3v) is 4.75. The summed E-state index contributed by atoms with van der Waals surface area (Å²) in [5, 5.41) is 5.79. The van der Waals surface area contributed by atoms with Crippen molar-refractivity contribution in [1.29, 1.82) is 0 Å². The first-order valence-electron chi connectivity index (χ1n) is 8.57. The summed E-state index contributed by atoms with van der Waals surface area (Å²) in [7, 11) is 0. The van der Waals surface area contributed by atoms with Crippen LogP contribution in [0.25, 0.3) is 0 Å². The second-order valence-corrected chi connectivity index (χ2v) is 7.70. The zero-order valence-corrected chi connectivity index (χ0v) is 17.3. The third-order valence-electron chi connectivity index (χ3n) is 4.03. The topological polar surface area (TPSA) is 49.8 Å². The predicted octanol–water partition coefficient (Wildman–Crippen LogP) is 6.71. The third kappa shape index (κ3) is 4.92. The van der Waals surface area contributed by atoms with Crippen molar-refractivity contribution < 1.29 is 13.2 Å². The van der Waals surface area contributed by atoms with Crippen molar-refractivity contribution in [3.63, 3.8) is 0 Å². The van der Waals surface area contributed by atoms with Crippen LogP contribution in [-0.2, 0) is 6.18 Å². The van der Waals surface area contributed by atoms with Crippen molar-refractivity contribution in [1.82, 2.24) is 9.97 Å². The minimum atomic E-state index is -4.57. The molecule has 8 heteroatoms. The molecule has 0 radical (unpaired) electrons. The van der Waals surface area contributed by atoms with Gasteiger partial charge in [-0.05, 0) is 64.4 Å². The Labute approximate surface area is 174 Å². The van der Waals surface area contributed by atoms with Crippen LogP contribution in [0.2, 0.25) is 0 Å². The fraction of sp³-hybridized carbons (Fsp3) is 0.200. The summed E-state index contributed by atoms with van der Waals surface area (Å²) < 4.78 is 41.5. The van der Waals surface area contributed by atoms with Crippen LogP contribution in [0, 0.1) is 3.57 Å². The van der Waals surface area contributed by atoms with Gasteiger partial charge in [0.25, 0.3) is 0 Å². The predicted molar refractivity (Wildman–Crippen MR) is 113 cm³/mol. The van der Waals surface area contributed by atoms with Crippen molar-refractivity contribution >= 4 is 45.7 Å². The van der Waals surface area contributed by atoms with Gasteiger partial charge in [0, 0.05) is 21.1 Å². The molecule has 1 aromatic heterocycles. The number of nitrogens with zero attached hydrogens (tertiary/aromatic N) is 2. The molecule has 0 aliphatic heterocycles. The highest BCUT2D eigenvalue weighted by Gasteiger charge is 2.35. The first-order chi connectivity index (χ1) is 13.2. The Morgan fingerprint density at radius 2 is 1.64 bits per heavy atom. The van der Waals surface area contributed by atoms with E-state index in [9.17, 15) is 13.2 Å². The summed E-state index contributed by atoms with van der Waals surface area (Å²) in [6.07, 6.45) is -3.78. The molecule has 0 atom stereocenters. The van der Waals surface area contributed by atoms with Gasteiger partial charge in [-0.25, -0.2) is 4.98 Å². The lowest BCUT2D eigenvalue weighted by atomic mass is 10.0. The Morgan fingerprint density at radius 1 is 0.964 bits per heavy atom. The van der Waals surface area contributed by atoms with Crippen LogP contribution in [0.5, 0.6) is 0 Å². The van der Waals surface area contributed by atoms with Crippen LogP contribution in [0.1, 0.15) is 30.9 Å². The van der Waals surface area contributed by atoms with E-state index in [1.807, 2.05) is 50.2 Å². The summed E-state index contributed by atoms with van der Waals surface area (Å²) >= 11 is 2.17. The lowest BCUT2D eigenvalue weighted by molar-refractivity contribution is -0.137. The molecule has 1 heterocycles. The van der Waals surface area contributed by atoms with Crippen molar-refractivity contribution in [3.05, 3.63) is 69.4 Å². The highest BCUT2D eigenvalue weighted by atomic mass is 127. The number of halogens is 4. The lowest BCUT2D eigenvalue weighted by Gasteiger charge is -2.18. The van der Waals surface area contributed by atoms with Crippen LogP contribution in [0.15, 0.2) is 54.7 Å². The minimum absolute atomic E-state index is 0.0822. The van der Waals surface area contributed by atoms with Crippen LogP contribution >= 0.6 is 22.6 Å². The van der Waals surface area contributed by atoms with Crippen molar-refractivity contribution in [3.8, 4) is 0 Å². The zero-order valence-electron chi connectivity index (χ0n) is 15.2. The Kier molecular flexibility index (Phi) is 6.07. The fourth-order valence-corrected chi connectivity index (χ4v) is 3.01. The maximum absolute atomic E-state index is 13.5. The van der Waals surface area contributed by atoms with Crippen molar-refractivity contribution in [2.75, 3.05) is 10.6 Å². The first kappa shape index (κ1) is 20.4. The Balaban J connectivity index is 1.98. The molecule has 0 saturated carbocycles. The van der Waals surface area contributed by atoms with Crippen LogP contribution in [-0.4, -0.2) is 9.97 Å². The number of nitrogens with one attached hydrogen (secondary N) is 2. The van der Waals surface area contributed by atoms with E-state index in [1.165, 1.54) is 0 Å². The van der Waals surface area contributed by atoms with Crippen LogP contribution in [0.4, 0.5) is 36.3 Å². The molecular formula is C20H18F3IN4. The van der Waals surface area contributed by atoms with Crippen LogP contribution in [0.3, 0.4) is 0 Å². The van der Waals surface area contributed by atoms with E-state index in [4.69, 9.17) is 0 Å². The molecule has 2 N–H and O–H groups in total. The van der Waals surface area contributed by atoms with Gasteiger partial charge in [-0.15, -0.1) is 0 Å². The monoisotopic (exact) mass is 498 g/mol. The number of hydrogen-bond donors (Lipinski definition) is 2. The van der Waals surface area contributed by atoms with E-state index in [-0.39, 0.29) is 17.7 Å². The molecule has 2 aromatic carbocycles. The van der Waals surface area contributed by atoms with Crippen molar-refractivity contribution in [2.24, 2.45) is 0 Å². The number of rotatable bonds is 5. The SMILES string of the molecule is CC(C)c1ccccc1Nc1nc(Nc2ccc(I)cc2)ncc1C(F)(F)F. The smallest absolute Gasteiger partial charge is 0.339 e. The summed E-state index contributed by atoms with van der Waals surface area (Å²) in [5.41, 5.74) is 1.26. The summed E-state index contributed by atoms with van der Waals surface area (Å²) in [5.74, 6) is -0.0633. The Morgan fingerprint density at radius 3 is 2.29 bits per heavy atom. The quantitative estimate of drug-likeness (QED) is 0.384. The molecule has 0 saturated heterocycles. The molecule has 146 valence electrons. The molecule has 4 nitrogen and oxygen atoms in total. The lowest BCUT2D eigenvalue weighted by Crippen LogP contribution is -2.13. The molecule has 0 aliphatic carbocycles. The van der Waals surface area contributed by atoms with Gasteiger partial charge in [0.1, 0.15) is 11.4 Å². The maximum Gasteiger partial charge on any atom is 0.421 e. The number of alkyl halides is 3. The van der Waals surface area contributed by atoms with Gasteiger partial charge in [0.05, 0.1) is 0 Å². The summed E-state index contributed by atoms with van der Waals surface area (Å²) in [4.78, 5) is 7.94. The molecule has 0 amide bonds. The standard InChI is InChI=1S/C20H18F3IN4/c1-12(2)15-5-3-4-6-17(15)27-18-16(20(21,22)23)11-25-19(28-18)26-14-9-7-13(24)8-10-14/h3-12H,1-2H3,(H2,25,26,27,28). The van der Waals surface area contributed by atoms with E-state index in [0.29, 0.717) is 11.4 Å². The van der Waals surface area contributed by atoms with E-state index in [0.717, 1.165) is 15.3 Å². The van der Waals surface area contributed by atoms with E-state index in [1.54, 1.807) is 12.1 Å². The minimum Gasteiger partial charge on any atom is -0.339 e. The first-order valence-corrected chi connectivity index (χ1v) is 9.64. The molecule has 28 heavy (non-hydrogen) atoms. The second-order valence-electron chi connectivity index (χ2n) is 6.45. The molecule has 0 bridgehead atoms. The highest BCUT2D eigenvalue weighted by molar-refractivity contribution is 14.1. The van der Waals surface area contributed by atoms with E-state index >= 15 is 0 Å². The van der Waals surface area contributed by atoms with Gasteiger partial charge in [0.2, 0.25) is 5.95 Å². The average molecular weight is 498 g/mol. The fourth-order valence-electron chi connectivity index (χ4n) is 2.65. The number of para-hydroxylation sites is 1. The normalized spacial score (nSPS) is 11.5. The zero-order chi connectivity index (χ0) is 20.3. The molecule has 0 spiro atoms. The number of anilines is 4. The van der Waals surface area contributed by atoms with Gasteiger partial charge in [-0.3, -0.25) is 0 Å². The second kappa shape index (κ2) is 8.34. The van der Waals surface area contributed by atoms with Gasteiger partial charge >= 0.3 is 6.18 Å². The molecule has 0 aliphatic rings. The Hall–Kier alpha value is -2.36. The number of hydrogen-bond acceptors (Lipinski definition) is 4. The van der Waals surface area contributed by atoms with Gasteiger partial charge < -0.3 is 10.6 Å². The average Bonchev–Trinajstić information content (AvgIpc) is 2.63. The van der Waals surface area contributed by atoms with Gasteiger partial charge in [-0.2, -0.15) is 18.2 Å². The largest absolute Gasteiger partial charge is 0.421 e. The van der Waals surface area contributed by atoms with E-state index in [2.05, 4.69) is 43.2 Å². The maximum atomic E-state index is 13.5. The van der Waals surface area contributed by atoms with Crippen LogP contribution < -0.4 is 10.6 Å². The summed E-state index contributed by atoms with van der Waals surface area (Å²) in [6, 6.07) is 14.6.